The molecular weight excluding hydrogens is 460 g/mol. The third-order valence-electron chi connectivity index (χ3n) is 6.88. The lowest BCUT2D eigenvalue weighted by molar-refractivity contribution is -0.133. The van der Waals surface area contributed by atoms with Gasteiger partial charge < -0.3 is 4.90 Å². The van der Waals surface area contributed by atoms with Crippen molar-refractivity contribution in [1.29, 1.82) is 0 Å². The number of rotatable bonds is 6. The zero-order chi connectivity index (χ0) is 25.2. The Bertz CT molecular complexity index is 1380. The molecule has 1 aliphatic rings. The number of aromatic nitrogens is 3. The van der Waals surface area contributed by atoms with Gasteiger partial charge in [0.05, 0.1) is 16.8 Å². The zero-order valence-electron chi connectivity index (χ0n) is 20.5. The molecule has 1 fully saturated rings. The van der Waals surface area contributed by atoms with Crippen LogP contribution in [0.3, 0.4) is 0 Å². The number of pyridine rings is 1. The molecule has 2 aromatic heterocycles. The molecule has 1 saturated heterocycles. The molecule has 8 heteroatoms. The van der Waals surface area contributed by atoms with Gasteiger partial charge in [-0.2, -0.15) is 5.10 Å². The van der Waals surface area contributed by atoms with Crippen LogP contribution in [0.4, 0.5) is 8.78 Å². The van der Waals surface area contributed by atoms with Crippen molar-refractivity contribution in [2.75, 3.05) is 26.2 Å². The number of hydrogen-bond acceptors (Lipinski definition) is 4. The maximum atomic E-state index is 14.0. The van der Waals surface area contributed by atoms with E-state index in [1.54, 1.807) is 6.92 Å². The van der Waals surface area contributed by atoms with Gasteiger partial charge in [-0.25, -0.2) is 18.4 Å². The lowest BCUT2D eigenvalue weighted by atomic mass is 10.1. The van der Waals surface area contributed by atoms with Gasteiger partial charge in [0.1, 0.15) is 6.54 Å². The van der Waals surface area contributed by atoms with E-state index in [9.17, 15) is 13.6 Å². The molecule has 0 aliphatic carbocycles. The summed E-state index contributed by atoms with van der Waals surface area (Å²) >= 11 is 0. The highest BCUT2D eigenvalue weighted by Crippen LogP contribution is 2.33. The number of amides is 1. The maximum absolute atomic E-state index is 14.0. The third-order valence-corrected chi connectivity index (χ3v) is 6.88. The summed E-state index contributed by atoms with van der Waals surface area (Å²) in [5.41, 5.74) is 4.40. The normalized spacial score (nSPS) is 14.6. The van der Waals surface area contributed by atoms with E-state index >= 15 is 0 Å². The fraction of sp³-hybridized carbons (Fsp3) is 0.321. The van der Waals surface area contributed by atoms with Crippen molar-refractivity contribution in [3.63, 3.8) is 0 Å². The number of hydrogen-bond donors (Lipinski definition) is 0. The van der Waals surface area contributed by atoms with Gasteiger partial charge in [-0.05, 0) is 31.0 Å². The molecule has 1 amide bonds. The number of alkyl halides is 2. The molecule has 186 valence electrons. The highest BCUT2D eigenvalue weighted by molar-refractivity contribution is 5.87. The molecule has 5 rings (SSSR count). The standard InChI is InChI=1S/C28H29F2N5O/c1-19-8-6-7-11-22(19)17-33-12-14-34(15-13-33)25(36)18-35-28-26(20(2)32-35)23(27(29)30)16-24(31-28)21-9-4-3-5-10-21/h3-11,16,27H,12-15,17-18H2,1-2H3. The Balaban J connectivity index is 1.34. The number of benzene rings is 2. The highest BCUT2D eigenvalue weighted by Gasteiger charge is 2.25. The van der Waals surface area contributed by atoms with Crippen molar-refractivity contribution in [2.45, 2.75) is 33.4 Å². The first kappa shape index (κ1) is 24.1. The van der Waals surface area contributed by atoms with Crippen LogP contribution < -0.4 is 0 Å². The van der Waals surface area contributed by atoms with Gasteiger partial charge >= 0.3 is 0 Å². The Morgan fingerprint density at radius 2 is 1.67 bits per heavy atom. The fourth-order valence-corrected chi connectivity index (χ4v) is 4.84. The molecule has 0 unspecified atom stereocenters. The average Bonchev–Trinajstić information content (AvgIpc) is 3.20. The number of fused-ring (bicyclic) bond motifs is 1. The van der Waals surface area contributed by atoms with Gasteiger partial charge in [-0.15, -0.1) is 0 Å². The van der Waals surface area contributed by atoms with E-state index in [0.717, 1.165) is 25.2 Å². The highest BCUT2D eigenvalue weighted by atomic mass is 19.3. The Labute approximate surface area is 209 Å². The number of halogens is 2. The summed E-state index contributed by atoms with van der Waals surface area (Å²) in [6, 6.07) is 19.0. The lowest BCUT2D eigenvalue weighted by Gasteiger charge is -2.35. The molecule has 0 atom stereocenters. The maximum Gasteiger partial charge on any atom is 0.264 e. The smallest absolute Gasteiger partial charge is 0.264 e. The molecule has 4 aromatic rings. The van der Waals surface area contributed by atoms with Crippen LogP contribution >= 0.6 is 0 Å². The van der Waals surface area contributed by atoms with Crippen molar-refractivity contribution < 1.29 is 13.6 Å². The van der Waals surface area contributed by atoms with Crippen molar-refractivity contribution in [3.05, 3.63) is 83.0 Å². The molecule has 1 aliphatic heterocycles. The van der Waals surface area contributed by atoms with Crippen molar-refractivity contribution in [2.24, 2.45) is 0 Å². The number of aryl methyl sites for hydroxylation is 2. The van der Waals surface area contributed by atoms with E-state index in [1.807, 2.05) is 41.3 Å². The average molecular weight is 490 g/mol. The van der Waals surface area contributed by atoms with Gasteiger partial charge in [-0.3, -0.25) is 9.69 Å². The molecule has 6 nitrogen and oxygen atoms in total. The summed E-state index contributed by atoms with van der Waals surface area (Å²) in [6.07, 6.45) is -2.67. The topological polar surface area (TPSA) is 54.3 Å². The number of piperazine rings is 1. The summed E-state index contributed by atoms with van der Waals surface area (Å²) in [5.74, 6) is -0.0829. The monoisotopic (exact) mass is 489 g/mol. The Morgan fingerprint density at radius 3 is 2.36 bits per heavy atom. The van der Waals surface area contributed by atoms with Gasteiger partial charge in [0.15, 0.2) is 5.65 Å². The van der Waals surface area contributed by atoms with Crippen molar-refractivity contribution >= 4 is 16.9 Å². The van der Waals surface area contributed by atoms with E-state index in [1.165, 1.54) is 21.9 Å². The first-order valence-corrected chi connectivity index (χ1v) is 12.2. The SMILES string of the molecule is Cc1ccccc1CN1CCN(C(=O)Cn2nc(C)c3c(C(F)F)cc(-c4ccccc4)nc32)CC1. The minimum absolute atomic E-state index is 0.0317. The first-order valence-electron chi connectivity index (χ1n) is 12.2. The molecule has 2 aromatic carbocycles. The third kappa shape index (κ3) is 4.86. The minimum Gasteiger partial charge on any atom is -0.339 e. The molecule has 3 heterocycles. The Morgan fingerprint density at radius 1 is 0.972 bits per heavy atom. The summed E-state index contributed by atoms with van der Waals surface area (Å²) in [5, 5.41) is 4.77. The molecule has 0 N–H and O–H groups in total. The van der Waals surface area contributed by atoms with Crippen LogP contribution in [0.2, 0.25) is 0 Å². The van der Waals surface area contributed by atoms with Crippen LogP contribution in [0, 0.1) is 13.8 Å². The summed E-state index contributed by atoms with van der Waals surface area (Å²) in [6.45, 7) is 7.43. The van der Waals surface area contributed by atoms with Crippen LogP contribution in [0.1, 0.15) is 28.8 Å². The molecular formula is C28H29F2N5O. The Hall–Kier alpha value is -3.65. The minimum atomic E-state index is -2.67. The number of carbonyl (C=O) groups excluding carboxylic acids is 1. The summed E-state index contributed by atoms with van der Waals surface area (Å²) in [7, 11) is 0. The summed E-state index contributed by atoms with van der Waals surface area (Å²) < 4.78 is 29.5. The number of nitrogens with zero attached hydrogens (tertiary/aromatic N) is 5. The fourth-order valence-electron chi connectivity index (χ4n) is 4.84. The van der Waals surface area contributed by atoms with Crippen LogP contribution in [0.5, 0.6) is 0 Å². The molecule has 0 radical (unpaired) electrons. The molecule has 0 saturated carbocycles. The van der Waals surface area contributed by atoms with Gasteiger partial charge in [0.25, 0.3) is 6.43 Å². The second kappa shape index (κ2) is 10.1. The lowest BCUT2D eigenvalue weighted by Crippen LogP contribution is -2.49. The van der Waals surface area contributed by atoms with Crippen molar-refractivity contribution in [1.82, 2.24) is 24.6 Å². The molecule has 36 heavy (non-hydrogen) atoms. The van der Waals surface area contributed by atoms with Crippen LogP contribution in [-0.4, -0.2) is 56.7 Å². The van der Waals surface area contributed by atoms with E-state index in [0.29, 0.717) is 35.5 Å². The van der Waals surface area contributed by atoms with Crippen molar-refractivity contribution in [3.8, 4) is 11.3 Å². The van der Waals surface area contributed by atoms with Crippen LogP contribution in [-0.2, 0) is 17.9 Å². The number of carbonyl (C=O) groups is 1. The Kier molecular flexibility index (Phi) is 6.78. The van der Waals surface area contributed by atoms with E-state index < -0.39 is 6.43 Å². The van der Waals surface area contributed by atoms with Gasteiger partial charge in [0, 0.05) is 43.9 Å². The predicted octanol–water partition coefficient (Wildman–Crippen LogP) is 5.00. The summed E-state index contributed by atoms with van der Waals surface area (Å²) in [4.78, 5) is 22.0. The van der Waals surface area contributed by atoms with E-state index in [2.05, 4.69) is 40.1 Å². The first-order chi connectivity index (χ1) is 17.4. The predicted molar refractivity (Wildman–Crippen MR) is 136 cm³/mol. The van der Waals surface area contributed by atoms with Crippen LogP contribution in [0.25, 0.3) is 22.3 Å². The second-order valence-corrected chi connectivity index (χ2v) is 9.29. The van der Waals surface area contributed by atoms with Crippen LogP contribution in [0.15, 0.2) is 60.7 Å². The quantitative estimate of drug-likeness (QED) is 0.383. The molecule has 0 spiro atoms. The zero-order valence-corrected chi connectivity index (χ0v) is 20.5. The van der Waals surface area contributed by atoms with E-state index in [4.69, 9.17) is 0 Å². The van der Waals surface area contributed by atoms with Gasteiger partial charge in [0.2, 0.25) is 5.91 Å². The molecule has 0 bridgehead atoms. The largest absolute Gasteiger partial charge is 0.339 e. The second-order valence-electron chi connectivity index (χ2n) is 9.29. The van der Waals surface area contributed by atoms with E-state index in [-0.39, 0.29) is 18.0 Å². The van der Waals surface area contributed by atoms with Gasteiger partial charge in [-0.1, -0.05) is 54.6 Å².